The van der Waals surface area contributed by atoms with E-state index in [4.69, 9.17) is 11.6 Å². The summed E-state index contributed by atoms with van der Waals surface area (Å²) in [4.78, 5) is 0. The maximum atomic E-state index is 6.25. The standard InChI is InChI=1S/C16H24ClN/c1-12-6-5-7-14(11-10-12)18-13(2)15-8-3-4-9-16(15)17/h3-4,8-9,12-14,18H,5-7,10-11H2,1-2H3/t12?,13-,14?/m0/s1. The van der Waals surface area contributed by atoms with Crippen molar-refractivity contribution in [3.05, 3.63) is 34.9 Å². The van der Waals surface area contributed by atoms with Crippen LogP contribution in [0.1, 0.15) is 57.6 Å². The Balaban J connectivity index is 1.94. The molecule has 1 aromatic rings. The first-order valence-electron chi connectivity index (χ1n) is 7.17. The number of nitrogens with one attached hydrogen (secondary N) is 1. The molecule has 0 aromatic heterocycles. The van der Waals surface area contributed by atoms with E-state index >= 15 is 0 Å². The van der Waals surface area contributed by atoms with Crippen LogP contribution in [0.5, 0.6) is 0 Å². The van der Waals surface area contributed by atoms with Crippen molar-refractivity contribution >= 4 is 11.6 Å². The summed E-state index contributed by atoms with van der Waals surface area (Å²) in [7, 11) is 0. The summed E-state index contributed by atoms with van der Waals surface area (Å²) >= 11 is 6.25. The summed E-state index contributed by atoms with van der Waals surface area (Å²) in [5.41, 5.74) is 1.22. The Morgan fingerprint density at radius 2 is 1.94 bits per heavy atom. The fourth-order valence-corrected chi connectivity index (χ4v) is 3.22. The molecule has 0 aliphatic heterocycles. The van der Waals surface area contributed by atoms with Gasteiger partial charge in [-0.2, -0.15) is 0 Å². The van der Waals surface area contributed by atoms with Crippen molar-refractivity contribution in [1.29, 1.82) is 0 Å². The van der Waals surface area contributed by atoms with Gasteiger partial charge in [0.25, 0.3) is 0 Å². The van der Waals surface area contributed by atoms with Gasteiger partial charge < -0.3 is 5.32 Å². The molecule has 2 unspecified atom stereocenters. The Bertz CT molecular complexity index is 377. The van der Waals surface area contributed by atoms with Gasteiger partial charge in [0.2, 0.25) is 0 Å². The average molecular weight is 266 g/mol. The van der Waals surface area contributed by atoms with Crippen molar-refractivity contribution in [2.24, 2.45) is 5.92 Å². The van der Waals surface area contributed by atoms with E-state index in [1.807, 2.05) is 12.1 Å². The van der Waals surface area contributed by atoms with Gasteiger partial charge in [-0.05, 0) is 43.7 Å². The molecule has 0 radical (unpaired) electrons. The Morgan fingerprint density at radius 1 is 1.17 bits per heavy atom. The maximum absolute atomic E-state index is 6.25. The third kappa shape index (κ3) is 3.73. The van der Waals surface area contributed by atoms with Crippen LogP contribution >= 0.6 is 11.6 Å². The second-order valence-electron chi connectivity index (χ2n) is 5.72. The Labute approximate surface area is 116 Å². The van der Waals surface area contributed by atoms with E-state index in [2.05, 4.69) is 31.3 Å². The van der Waals surface area contributed by atoms with Crippen LogP contribution < -0.4 is 5.32 Å². The molecule has 1 aliphatic carbocycles. The fourth-order valence-electron chi connectivity index (χ4n) is 2.92. The number of hydrogen-bond donors (Lipinski definition) is 1. The van der Waals surface area contributed by atoms with Crippen molar-refractivity contribution in [3.8, 4) is 0 Å². The van der Waals surface area contributed by atoms with Gasteiger partial charge in [0.15, 0.2) is 0 Å². The van der Waals surface area contributed by atoms with Gasteiger partial charge in [0, 0.05) is 17.1 Å². The third-order valence-corrected chi connectivity index (χ3v) is 4.46. The quantitative estimate of drug-likeness (QED) is 0.762. The van der Waals surface area contributed by atoms with Crippen LogP contribution in [0, 0.1) is 5.92 Å². The molecule has 1 aromatic carbocycles. The minimum Gasteiger partial charge on any atom is -0.307 e. The minimum atomic E-state index is 0.345. The second kappa shape index (κ2) is 6.58. The lowest BCUT2D eigenvalue weighted by atomic mass is 10.0. The zero-order chi connectivity index (χ0) is 13.0. The highest BCUT2D eigenvalue weighted by Crippen LogP contribution is 2.27. The van der Waals surface area contributed by atoms with Gasteiger partial charge in [-0.1, -0.05) is 49.6 Å². The van der Waals surface area contributed by atoms with E-state index < -0.39 is 0 Å². The SMILES string of the molecule is CC1CCCC(N[C@@H](C)c2ccccc2Cl)CC1. The molecule has 0 bridgehead atoms. The first kappa shape index (κ1) is 13.9. The van der Waals surface area contributed by atoms with Crippen molar-refractivity contribution in [3.63, 3.8) is 0 Å². The topological polar surface area (TPSA) is 12.0 Å². The average Bonchev–Trinajstić information content (AvgIpc) is 2.55. The molecule has 1 aliphatic rings. The number of hydrogen-bond acceptors (Lipinski definition) is 1. The van der Waals surface area contributed by atoms with Crippen molar-refractivity contribution in [2.45, 2.75) is 58.0 Å². The van der Waals surface area contributed by atoms with Crippen LogP contribution in [0.25, 0.3) is 0 Å². The van der Waals surface area contributed by atoms with E-state index in [9.17, 15) is 0 Å². The number of benzene rings is 1. The molecule has 1 N–H and O–H groups in total. The van der Waals surface area contributed by atoms with Crippen LogP contribution in [-0.2, 0) is 0 Å². The summed E-state index contributed by atoms with van der Waals surface area (Å²) in [6.07, 6.45) is 6.70. The molecule has 18 heavy (non-hydrogen) atoms. The Hall–Kier alpha value is -0.530. The van der Waals surface area contributed by atoms with Gasteiger partial charge in [-0.25, -0.2) is 0 Å². The highest BCUT2D eigenvalue weighted by atomic mass is 35.5. The maximum Gasteiger partial charge on any atom is 0.0453 e. The zero-order valence-electron chi connectivity index (χ0n) is 11.5. The first-order valence-corrected chi connectivity index (χ1v) is 7.55. The third-order valence-electron chi connectivity index (χ3n) is 4.11. The summed E-state index contributed by atoms with van der Waals surface area (Å²) in [6.45, 7) is 4.59. The Kier molecular flexibility index (Phi) is 5.08. The van der Waals surface area contributed by atoms with Gasteiger partial charge in [-0.3, -0.25) is 0 Å². The minimum absolute atomic E-state index is 0.345. The van der Waals surface area contributed by atoms with E-state index in [1.54, 1.807) is 0 Å². The van der Waals surface area contributed by atoms with Crippen LogP contribution in [0.3, 0.4) is 0 Å². The largest absolute Gasteiger partial charge is 0.307 e. The smallest absolute Gasteiger partial charge is 0.0453 e. The summed E-state index contributed by atoms with van der Waals surface area (Å²) in [6, 6.07) is 9.16. The fraction of sp³-hybridized carbons (Fsp3) is 0.625. The lowest BCUT2D eigenvalue weighted by Gasteiger charge is -2.23. The highest BCUT2D eigenvalue weighted by molar-refractivity contribution is 6.31. The highest BCUT2D eigenvalue weighted by Gasteiger charge is 2.18. The predicted octanol–water partition coefficient (Wildman–Crippen LogP) is 4.96. The van der Waals surface area contributed by atoms with E-state index in [-0.39, 0.29) is 0 Å². The molecule has 3 atom stereocenters. The second-order valence-corrected chi connectivity index (χ2v) is 6.13. The molecule has 2 rings (SSSR count). The monoisotopic (exact) mass is 265 g/mol. The summed E-state index contributed by atoms with van der Waals surface area (Å²) in [5, 5.41) is 4.63. The van der Waals surface area contributed by atoms with Crippen LogP contribution in [0.4, 0.5) is 0 Å². The molecule has 1 saturated carbocycles. The molecule has 0 amide bonds. The van der Waals surface area contributed by atoms with E-state index in [0.717, 1.165) is 10.9 Å². The van der Waals surface area contributed by atoms with Gasteiger partial charge >= 0.3 is 0 Å². The number of halogens is 1. The summed E-state index contributed by atoms with van der Waals surface area (Å²) < 4.78 is 0. The molecule has 2 heteroatoms. The Morgan fingerprint density at radius 3 is 2.72 bits per heavy atom. The number of rotatable bonds is 3. The lowest BCUT2D eigenvalue weighted by Crippen LogP contribution is -2.31. The first-order chi connectivity index (χ1) is 8.66. The molecule has 0 saturated heterocycles. The lowest BCUT2D eigenvalue weighted by molar-refractivity contribution is 0.408. The van der Waals surface area contributed by atoms with E-state index in [0.29, 0.717) is 12.1 Å². The van der Waals surface area contributed by atoms with E-state index in [1.165, 1.54) is 37.7 Å². The van der Waals surface area contributed by atoms with Crippen LogP contribution in [0.2, 0.25) is 5.02 Å². The van der Waals surface area contributed by atoms with Crippen LogP contribution in [-0.4, -0.2) is 6.04 Å². The molecule has 0 spiro atoms. The molecular weight excluding hydrogens is 242 g/mol. The van der Waals surface area contributed by atoms with Crippen molar-refractivity contribution in [2.75, 3.05) is 0 Å². The van der Waals surface area contributed by atoms with Gasteiger partial charge in [0.05, 0.1) is 0 Å². The molecular formula is C16H24ClN. The molecule has 0 heterocycles. The van der Waals surface area contributed by atoms with Crippen LogP contribution in [0.15, 0.2) is 24.3 Å². The van der Waals surface area contributed by atoms with Gasteiger partial charge in [0.1, 0.15) is 0 Å². The molecule has 1 nitrogen and oxygen atoms in total. The summed E-state index contributed by atoms with van der Waals surface area (Å²) in [5.74, 6) is 0.896. The van der Waals surface area contributed by atoms with Gasteiger partial charge in [-0.15, -0.1) is 0 Å². The molecule has 1 fully saturated rings. The van der Waals surface area contributed by atoms with Crippen molar-refractivity contribution in [1.82, 2.24) is 5.32 Å². The van der Waals surface area contributed by atoms with Crippen molar-refractivity contribution < 1.29 is 0 Å². The normalized spacial score (nSPS) is 26.6. The zero-order valence-corrected chi connectivity index (χ0v) is 12.2. The molecule has 100 valence electrons. The predicted molar refractivity (Wildman–Crippen MR) is 79.0 cm³/mol.